The fourth-order valence-electron chi connectivity index (χ4n) is 3.77. The number of hydrogen-bond acceptors (Lipinski definition) is 6. The molecule has 1 aliphatic rings. The number of aromatic hydroxyl groups is 1. The van der Waals surface area contributed by atoms with E-state index in [1.54, 1.807) is 0 Å². The fourth-order valence-corrected chi connectivity index (χ4v) is 3.77. The van der Waals surface area contributed by atoms with Crippen LogP contribution in [0.15, 0.2) is 21.3 Å². The standard InChI is InChI=1S/C22H29NO5/c1-3-11-27-19(24)8-7-16-13-17-15(2)12-20(25)28-22(17)18(21(16)26)14-23-9-5-4-6-10-23/h12-13,26H,3-11,14H2,1-2H3. The Morgan fingerprint density at radius 2 is 2.00 bits per heavy atom. The van der Waals surface area contributed by atoms with Gasteiger partial charge in [-0.25, -0.2) is 4.79 Å². The molecule has 1 saturated heterocycles. The van der Waals surface area contributed by atoms with E-state index >= 15 is 0 Å². The lowest BCUT2D eigenvalue weighted by molar-refractivity contribution is -0.143. The second-order valence-corrected chi connectivity index (χ2v) is 7.55. The van der Waals surface area contributed by atoms with Crippen LogP contribution in [0.4, 0.5) is 0 Å². The lowest BCUT2D eigenvalue weighted by atomic mass is 9.97. The second kappa shape index (κ2) is 9.24. The van der Waals surface area contributed by atoms with Crippen LogP contribution < -0.4 is 5.63 Å². The third kappa shape index (κ3) is 4.73. The minimum Gasteiger partial charge on any atom is -0.507 e. The van der Waals surface area contributed by atoms with Gasteiger partial charge in [-0.2, -0.15) is 0 Å². The first-order valence-electron chi connectivity index (χ1n) is 10.2. The number of rotatable bonds is 7. The molecule has 1 aliphatic heterocycles. The Balaban J connectivity index is 1.96. The van der Waals surface area contributed by atoms with Gasteiger partial charge in [0.1, 0.15) is 11.3 Å². The van der Waals surface area contributed by atoms with Crippen molar-refractivity contribution >= 4 is 16.9 Å². The third-order valence-electron chi connectivity index (χ3n) is 5.29. The van der Waals surface area contributed by atoms with E-state index in [-0.39, 0.29) is 18.1 Å². The molecule has 1 aromatic heterocycles. The van der Waals surface area contributed by atoms with Gasteiger partial charge in [-0.3, -0.25) is 9.69 Å². The van der Waals surface area contributed by atoms with E-state index in [0.29, 0.717) is 36.3 Å². The van der Waals surface area contributed by atoms with E-state index in [1.165, 1.54) is 12.5 Å². The van der Waals surface area contributed by atoms with Crippen LogP contribution in [0.2, 0.25) is 0 Å². The average molecular weight is 387 g/mol. The van der Waals surface area contributed by atoms with Crippen molar-refractivity contribution < 1.29 is 19.1 Å². The molecule has 2 heterocycles. The summed E-state index contributed by atoms with van der Waals surface area (Å²) in [6, 6.07) is 3.29. The van der Waals surface area contributed by atoms with Crippen molar-refractivity contribution in [1.29, 1.82) is 0 Å². The highest BCUT2D eigenvalue weighted by Crippen LogP contribution is 2.34. The molecule has 6 heteroatoms. The first-order valence-corrected chi connectivity index (χ1v) is 10.2. The normalized spacial score (nSPS) is 15.1. The lowest BCUT2D eigenvalue weighted by Gasteiger charge is -2.27. The van der Waals surface area contributed by atoms with Crippen LogP contribution in [0.25, 0.3) is 11.0 Å². The van der Waals surface area contributed by atoms with Crippen molar-refractivity contribution in [2.45, 2.75) is 58.9 Å². The van der Waals surface area contributed by atoms with Gasteiger partial charge < -0.3 is 14.3 Å². The van der Waals surface area contributed by atoms with E-state index in [9.17, 15) is 14.7 Å². The number of carbonyl (C=O) groups is 1. The molecule has 1 N–H and O–H groups in total. The molecule has 28 heavy (non-hydrogen) atoms. The Labute approximate surface area is 165 Å². The Kier molecular flexibility index (Phi) is 6.73. The largest absolute Gasteiger partial charge is 0.507 e. The van der Waals surface area contributed by atoms with E-state index in [0.717, 1.165) is 43.3 Å². The highest BCUT2D eigenvalue weighted by atomic mass is 16.5. The summed E-state index contributed by atoms with van der Waals surface area (Å²) >= 11 is 0. The summed E-state index contributed by atoms with van der Waals surface area (Å²) in [6.07, 6.45) is 4.85. The molecule has 0 radical (unpaired) electrons. The molecule has 6 nitrogen and oxygen atoms in total. The molecular weight excluding hydrogens is 358 g/mol. The van der Waals surface area contributed by atoms with Gasteiger partial charge in [0.15, 0.2) is 0 Å². The van der Waals surface area contributed by atoms with Gasteiger partial charge in [-0.15, -0.1) is 0 Å². The number of nitrogens with zero attached hydrogens (tertiary/aromatic N) is 1. The van der Waals surface area contributed by atoms with Crippen molar-refractivity contribution in [3.8, 4) is 5.75 Å². The number of carbonyl (C=O) groups excluding carboxylic acids is 1. The summed E-state index contributed by atoms with van der Waals surface area (Å²) in [7, 11) is 0. The Morgan fingerprint density at radius 1 is 1.25 bits per heavy atom. The minimum absolute atomic E-state index is 0.120. The first kappa shape index (κ1) is 20.4. The number of aryl methyl sites for hydroxylation is 2. The highest BCUT2D eigenvalue weighted by Gasteiger charge is 2.21. The quantitative estimate of drug-likeness (QED) is 0.577. The Bertz CT molecular complexity index is 896. The summed E-state index contributed by atoms with van der Waals surface area (Å²) in [5, 5.41) is 11.8. The van der Waals surface area contributed by atoms with Crippen LogP contribution in [0.5, 0.6) is 5.75 Å². The predicted octanol–water partition coefficient (Wildman–Crippen LogP) is 3.68. The number of piperidine rings is 1. The Hall–Kier alpha value is -2.34. The Morgan fingerprint density at radius 3 is 2.71 bits per heavy atom. The van der Waals surface area contributed by atoms with Gasteiger partial charge in [0.25, 0.3) is 0 Å². The average Bonchev–Trinajstić information content (AvgIpc) is 2.68. The zero-order valence-corrected chi connectivity index (χ0v) is 16.8. The zero-order chi connectivity index (χ0) is 20.1. The molecule has 0 saturated carbocycles. The summed E-state index contributed by atoms with van der Waals surface area (Å²) in [5.74, 6) is -0.148. The van der Waals surface area contributed by atoms with Gasteiger partial charge in [0.05, 0.1) is 12.2 Å². The van der Waals surface area contributed by atoms with Crippen LogP contribution in [0.1, 0.15) is 55.7 Å². The van der Waals surface area contributed by atoms with Crippen LogP contribution in [0.3, 0.4) is 0 Å². The number of ether oxygens (including phenoxy) is 1. The van der Waals surface area contributed by atoms with Gasteiger partial charge in [-0.1, -0.05) is 13.3 Å². The third-order valence-corrected chi connectivity index (χ3v) is 5.29. The molecule has 0 atom stereocenters. The number of fused-ring (bicyclic) bond motifs is 1. The zero-order valence-electron chi connectivity index (χ0n) is 16.8. The van der Waals surface area contributed by atoms with E-state index < -0.39 is 5.63 Å². The van der Waals surface area contributed by atoms with Crippen LogP contribution in [-0.2, 0) is 22.5 Å². The summed E-state index contributed by atoms with van der Waals surface area (Å²) < 4.78 is 10.6. The van der Waals surface area contributed by atoms with Gasteiger partial charge in [-0.05, 0) is 62.9 Å². The number of benzene rings is 1. The molecule has 1 fully saturated rings. The van der Waals surface area contributed by atoms with Crippen LogP contribution in [0, 0.1) is 6.92 Å². The van der Waals surface area contributed by atoms with E-state index in [2.05, 4.69) is 4.90 Å². The number of phenolic OH excluding ortho intramolecular Hbond substituents is 1. The molecule has 3 rings (SSSR count). The molecule has 0 bridgehead atoms. The lowest BCUT2D eigenvalue weighted by Crippen LogP contribution is -2.29. The van der Waals surface area contributed by atoms with Crippen molar-refractivity contribution in [2.24, 2.45) is 0 Å². The van der Waals surface area contributed by atoms with Crippen LogP contribution in [-0.4, -0.2) is 35.7 Å². The summed E-state index contributed by atoms with van der Waals surface area (Å²) in [4.78, 5) is 26.1. The molecule has 152 valence electrons. The summed E-state index contributed by atoms with van der Waals surface area (Å²) in [6.45, 7) is 6.68. The number of likely N-dealkylation sites (tertiary alicyclic amines) is 1. The smallest absolute Gasteiger partial charge is 0.336 e. The van der Waals surface area contributed by atoms with Gasteiger partial charge >= 0.3 is 11.6 Å². The number of phenols is 1. The van der Waals surface area contributed by atoms with Crippen LogP contribution >= 0.6 is 0 Å². The first-order chi connectivity index (χ1) is 13.5. The minimum atomic E-state index is -0.416. The van der Waals surface area contributed by atoms with Crippen molar-refractivity contribution in [3.05, 3.63) is 39.2 Å². The van der Waals surface area contributed by atoms with E-state index in [4.69, 9.17) is 9.15 Å². The number of hydrogen-bond donors (Lipinski definition) is 1. The van der Waals surface area contributed by atoms with Gasteiger partial charge in [0.2, 0.25) is 0 Å². The molecule has 2 aromatic rings. The van der Waals surface area contributed by atoms with Crippen molar-refractivity contribution in [2.75, 3.05) is 19.7 Å². The highest BCUT2D eigenvalue weighted by molar-refractivity contribution is 5.86. The number of esters is 1. The molecule has 0 aliphatic carbocycles. The maximum Gasteiger partial charge on any atom is 0.336 e. The molecular formula is C22H29NO5. The fraction of sp³-hybridized carbons (Fsp3) is 0.545. The summed E-state index contributed by atoms with van der Waals surface area (Å²) in [5.41, 5.74) is 2.16. The molecule has 0 amide bonds. The van der Waals surface area contributed by atoms with Gasteiger partial charge in [0, 0.05) is 24.4 Å². The topological polar surface area (TPSA) is 80.0 Å². The molecule has 0 spiro atoms. The maximum atomic E-state index is 11.9. The van der Waals surface area contributed by atoms with Crippen molar-refractivity contribution in [1.82, 2.24) is 4.90 Å². The second-order valence-electron chi connectivity index (χ2n) is 7.55. The maximum absolute atomic E-state index is 11.9. The van der Waals surface area contributed by atoms with E-state index in [1.807, 2.05) is 19.9 Å². The molecule has 1 aromatic carbocycles. The molecule has 0 unspecified atom stereocenters. The predicted molar refractivity (Wildman–Crippen MR) is 108 cm³/mol. The SMILES string of the molecule is CCCOC(=O)CCc1cc2c(C)cc(=O)oc2c(CN2CCCCC2)c1O. The monoisotopic (exact) mass is 387 g/mol. The van der Waals surface area contributed by atoms with Crippen molar-refractivity contribution in [3.63, 3.8) is 0 Å².